The summed E-state index contributed by atoms with van der Waals surface area (Å²) in [6, 6.07) is 10.0. The van der Waals surface area contributed by atoms with Crippen molar-refractivity contribution >= 4 is 0 Å². The fourth-order valence-electron chi connectivity index (χ4n) is 1.13. The summed E-state index contributed by atoms with van der Waals surface area (Å²) in [6.07, 6.45) is 0. The van der Waals surface area contributed by atoms with E-state index in [-0.39, 0.29) is 6.04 Å². The fourth-order valence-corrected chi connectivity index (χ4v) is 1.13. The van der Waals surface area contributed by atoms with Gasteiger partial charge in [-0.25, -0.2) is 0 Å². The molecule has 0 aliphatic heterocycles. The van der Waals surface area contributed by atoms with E-state index in [1.807, 2.05) is 38.2 Å². The van der Waals surface area contributed by atoms with Crippen LogP contribution in [0, 0.1) is 11.3 Å². The van der Waals surface area contributed by atoms with E-state index >= 15 is 0 Å². The van der Waals surface area contributed by atoms with Crippen molar-refractivity contribution < 1.29 is 0 Å². The largest absolute Gasteiger partial charge is 0.313 e. The van der Waals surface area contributed by atoms with Gasteiger partial charge in [-0.2, -0.15) is 5.26 Å². The number of nitrogens with one attached hydrogen (secondary N) is 1. The molecule has 1 rings (SSSR count). The maximum absolute atomic E-state index is 8.79. The first-order chi connectivity index (χ1) is 5.79. The Morgan fingerprint density at radius 1 is 1.42 bits per heavy atom. The number of nitrogens with zero attached hydrogens (tertiary/aromatic N) is 1. The summed E-state index contributed by atoms with van der Waals surface area (Å²) >= 11 is 0. The molecule has 1 N–H and O–H groups in total. The second-order valence-corrected chi connectivity index (χ2v) is 2.71. The van der Waals surface area contributed by atoms with Crippen LogP contribution < -0.4 is 5.32 Å². The monoisotopic (exact) mass is 160 g/mol. The first-order valence-corrected chi connectivity index (χ1v) is 3.96. The average molecular weight is 160 g/mol. The molecule has 12 heavy (non-hydrogen) atoms. The molecule has 0 radical (unpaired) electrons. The third-order valence-electron chi connectivity index (χ3n) is 1.98. The molecule has 0 amide bonds. The summed E-state index contributed by atoms with van der Waals surface area (Å²) in [5.74, 6) is 0. The van der Waals surface area contributed by atoms with Crippen molar-refractivity contribution in [2.75, 3.05) is 7.05 Å². The molecule has 1 atom stereocenters. The minimum absolute atomic E-state index is 0.237. The highest BCUT2D eigenvalue weighted by Gasteiger charge is 2.06. The van der Waals surface area contributed by atoms with Gasteiger partial charge in [-0.3, -0.25) is 0 Å². The Bertz CT molecular complexity index is 299. The Morgan fingerprint density at radius 2 is 2.08 bits per heavy atom. The van der Waals surface area contributed by atoms with Gasteiger partial charge in [-0.05, 0) is 25.6 Å². The van der Waals surface area contributed by atoms with Crippen LogP contribution in [0.2, 0.25) is 0 Å². The normalized spacial score (nSPS) is 12.1. The molecule has 0 aliphatic carbocycles. The quantitative estimate of drug-likeness (QED) is 0.716. The Kier molecular flexibility index (Phi) is 2.84. The molecule has 0 heterocycles. The first kappa shape index (κ1) is 8.76. The Morgan fingerprint density at radius 3 is 2.67 bits per heavy atom. The van der Waals surface area contributed by atoms with Crippen molar-refractivity contribution in [3.05, 3.63) is 35.4 Å². The molecule has 0 spiro atoms. The molecule has 0 saturated carbocycles. The summed E-state index contributed by atoms with van der Waals surface area (Å²) < 4.78 is 0. The van der Waals surface area contributed by atoms with Crippen LogP contribution in [0.3, 0.4) is 0 Å². The molecule has 0 aliphatic rings. The summed E-state index contributed by atoms with van der Waals surface area (Å²) in [7, 11) is 1.89. The first-order valence-electron chi connectivity index (χ1n) is 3.96. The lowest BCUT2D eigenvalue weighted by molar-refractivity contribution is 0.651. The average Bonchev–Trinajstić information content (AvgIpc) is 2.16. The number of rotatable bonds is 2. The van der Waals surface area contributed by atoms with Crippen molar-refractivity contribution in [1.29, 1.82) is 5.26 Å². The van der Waals surface area contributed by atoms with Gasteiger partial charge in [0.2, 0.25) is 0 Å². The van der Waals surface area contributed by atoms with E-state index in [9.17, 15) is 0 Å². The van der Waals surface area contributed by atoms with Crippen LogP contribution in [0.5, 0.6) is 0 Å². The number of nitriles is 1. The van der Waals surface area contributed by atoms with E-state index in [1.165, 1.54) is 0 Å². The minimum atomic E-state index is 0.237. The third-order valence-corrected chi connectivity index (χ3v) is 1.98. The van der Waals surface area contributed by atoms with E-state index < -0.39 is 0 Å². The van der Waals surface area contributed by atoms with Crippen LogP contribution in [-0.4, -0.2) is 7.05 Å². The number of benzene rings is 1. The van der Waals surface area contributed by atoms with E-state index in [4.69, 9.17) is 5.26 Å². The van der Waals surface area contributed by atoms with Gasteiger partial charge in [0.05, 0.1) is 11.6 Å². The molecule has 0 fully saturated rings. The van der Waals surface area contributed by atoms with Gasteiger partial charge in [0.15, 0.2) is 0 Å². The SMILES string of the molecule is CN[C@H](C)c1ccccc1C#N. The molecule has 1 aromatic rings. The highest BCUT2D eigenvalue weighted by molar-refractivity contribution is 5.38. The van der Waals surface area contributed by atoms with E-state index in [2.05, 4.69) is 11.4 Å². The third kappa shape index (κ3) is 1.63. The lowest BCUT2D eigenvalue weighted by Gasteiger charge is -2.11. The summed E-state index contributed by atoms with van der Waals surface area (Å²) in [6.45, 7) is 2.04. The molecule has 0 saturated heterocycles. The zero-order valence-electron chi connectivity index (χ0n) is 7.33. The summed E-state index contributed by atoms with van der Waals surface area (Å²) in [4.78, 5) is 0. The molecular formula is C10H12N2. The number of hydrogen-bond donors (Lipinski definition) is 1. The van der Waals surface area contributed by atoms with Gasteiger partial charge in [0.25, 0.3) is 0 Å². The van der Waals surface area contributed by atoms with Gasteiger partial charge >= 0.3 is 0 Å². The predicted octanol–water partition coefficient (Wildman–Crippen LogP) is 1.84. The molecule has 2 heteroatoms. The molecular weight excluding hydrogens is 148 g/mol. The molecule has 0 aromatic heterocycles. The Labute approximate surface area is 72.8 Å². The smallest absolute Gasteiger partial charge is 0.0995 e. The maximum atomic E-state index is 8.79. The maximum Gasteiger partial charge on any atom is 0.0995 e. The highest BCUT2D eigenvalue weighted by atomic mass is 14.9. The lowest BCUT2D eigenvalue weighted by Crippen LogP contribution is -2.13. The van der Waals surface area contributed by atoms with Crippen LogP contribution in [0.25, 0.3) is 0 Å². The molecule has 62 valence electrons. The lowest BCUT2D eigenvalue weighted by atomic mass is 10.0. The molecule has 0 unspecified atom stereocenters. The standard InChI is InChI=1S/C10H12N2/c1-8(12-2)10-6-4-3-5-9(10)7-11/h3-6,8,12H,1-2H3/t8-/m1/s1. The van der Waals surface area contributed by atoms with Crippen molar-refractivity contribution in [3.63, 3.8) is 0 Å². The number of hydrogen-bond acceptors (Lipinski definition) is 2. The van der Waals surface area contributed by atoms with Crippen LogP contribution in [0.15, 0.2) is 24.3 Å². The molecule has 0 bridgehead atoms. The van der Waals surface area contributed by atoms with Gasteiger partial charge in [0.1, 0.15) is 0 Å². The van der Waals surface area contributed by atoms with E-state index in [0.29, 0.717) is 0 Å². The second kappa shape index (κ2) is 3.89. The zero-order valence-corrected chi connectivity index (χ0v) is 7.33. The van der Waals surface area contributed by atoms with Crippen molar-refractivity contribution in [1.82, 2.24) is 5.32 Å². The van der Waals surface area contributed by atoms with Crippen molar-refractivity contribution in [2.45, 2.75) is 13.0 Å². The Hall–Kier alpha value is -1.33. The molecule has 1 aromatic carbocycles. The van der Waals surface area contributed by atoms with Gasteiger partial charge < -0.3 is 5.32 Å². The van der Waals surface area contributed by atoms with Crippen LogP contribution in [-0.2, 0) is 0 Å². The topological polar surface area (TPSA) is 35.8 Å². The molecule has 2 nitrogen and oxygen atoms in total. The van der Waals surface area contributed by atoms with Crippen LogP contribution >= 0.6 is 0 Å². The highest BCUT2D eigenvalue weighted by Crippen LogP contribution is 2.15. The minimum Gasteiger partial charge on any atom is -0.313 e. The Balaban J connectivity index is 3.07. The van der Waals surface area contributed by atoms with Gasteiger partial charge in [-0.15, -0.1) is 0 Å². The second-order valence-electron chi connectivity index (χ2n) is 2.71. The summed E-state index contributed by atoms with van der Waals surface area (Å²) in [5, 5.41) is 11.9. The zero-order chi connectivity index (χ0) is 8.97. The van der Waals surface area contributed by atoms with Crippen molar-refractivity contribution in [3.8, 4) is 6.07 Å². The van der Waals surface area contributed by atoms with Gasteiger partial charge in [-0.1, -0.05) is 18.2 Å². The van der Waals surface area contributed by atoms with E-state index in [0.717, 1.165) is 11.1 Å². The fraction of sp³-hybridized carbons (Fsp3) is 0.300. The van der Waals surface area contributed by atoms with E-state index in [1.54, 1.807) is 0 Å². The predicted molar refractivity (Wildman–Crippen MR) is 48.6 cm³/mol. The summed E-state index contributed by atoms with van der Waals surface area (Å²) in [5.41, 5.74) is 1.81. The van der Waals surface area contributed by atoms with Gasteiger partial charge in [0, 0.05) is 6.04 Å². The van der Waals surface area contributed by atoms with Crippen molar-refractivity contribution in [2.24, 2.45) is 0 Å². The van der Waals surface area contributed by atoms with Crippen LogP contribution in [0.1, 0.15) is 24.1 Å². The van der Waals surface area contributed by atoms with Crippen LogP contribution in [0.4, 0.5) is 0 Å².